The number of hydrogen-bond donors (Lipinski definition) is 0. The summed E-state index contributed by atoms with van der Waals surface area (Å²) in [5.74, 6) is 0.479. The Morgan fingerprint density at radius 2 is 1.52 bits per heavy atom. The molecule has 0 bridgehead atoms. The van der Waals surface area contributed by atoms with Crippen LogP contribution in [0.15, 0.2) is 60.7 Å². The van der Waals surface area contributed by atoms with Crippen molar-refractivity contribution in [1.82, 2.24) is 9.21 Å². The monoisotopic (exact) mass is 414 g/mol. The summed E-state index contributed by atoms with van der Waals surface area (Å²) in [6.07, 6.45) is 4.74. The van der Waals surface area contributed by atoms with Gasteiger partial charge < -0.3 is 4.90 Å². The quantitative estimate of drug-likeness (QED) is 0.667. The highest BCUT2D eigenvalue weighted by molar-refractivity contribution is 7.88. The standard InChI is InChI=1S/C23H30N2O3S/c1-29(27,28)25(17-14-20-8-4-2-5-9-20)19-23(26)24-15-12-22(13-16-24)18-21-10-6-3-7-11-21/h2-11,22H,12-19H2,1H3. The Bertz CT molecular complexity index is 877. The van der Waals surface area contributed by atoms with Gasteiger partial charge in [0.05, 0.1) is 12.8 Å². The van der Waals surface area contributed by atoms with Crippen LogP contribution >= 0.6 is 0 Å². The average Bonchev–Trinajstić information content (AvgIpc) is 2.72. The van der Waals surface area contributed by atoms with E-state index < -0.39 is 10.0 Å². The van der Waals surface area contributed by atoms with E-state index in [1.165, 1.54) is 16.1 Å². The summed E-state index contributed by atoms with van der Waals surface area (Å²) in [6, 6.07) is 20.2. The van der Waals surface area contributed by atoms with Gasteiger partial charge in [-0.3, -0.25) is 4.79 Å². The van der Waals surface area contributed by atoms with Gasteiger partial charge >= 0.3 is 0 Å². The van der Waals surface area contributed by atoms with E-state index in [-0.39, 0.29) is 12.5 Å². The molecule has 0 saturated carbocycles. The van der Waals surface area contributed by atoms with E-state index in [4.69, 9.17) is 0 Å². The van der Waals surface area contributed by atoms with E-state index >= 15 is 0 Å². The minimum Gasteiger partial charge on any atom is -0.342 e. The highest BCUT2D eigenvalue weighted by Crippen LogP contribution is 2.22. The molecule has 0 spiro atoms. The van der Waals surface area contributed by atoms with Crippen molar-refractivity contribution in [3.05, 3.63) is 71.8 Å². The molecule has 1 aliphatic heterocycles. The van der Waals surface area contributed by atoms with E-state index in [0.29, 0.717) is 32.0 Å². The molecule has 156 valence electrons. The average molecular weight is 415 g/mol. The number of hydrogen-bond acceptors (Lipinski definition) is 3. The largest absolute Gasteiger partial charge is 0.342 e. The summed E-state index contributed by atoms with van der Waals surface area (Å²) in [5, 5.41) is 0. The van der Waals surface area contributed by atoms with Crippen LogP contribution in [0.2, 0.25) is 0 Å². The number of nitrogens with zero attached hydrogens (tertiary/aromatic N) is 2. The van der Waals surface area contributed by atoms with Gasteiger partial charge in [-0.05, 0) is 42.7 Å². The third-order valence-electron chi connectivity index (χ3n) is 5.61. The van der Waals surface area contributed by atoms with E-state index in [0.717, 1.165) is 24.8 Å². The minimum absolute atomic E-state index is 0.0744. The number of benzene rings is 2. The van der Waals surface area contributed by atoms with Gasteiger partial charge in [-0.1, -0.05) is 60.7 Å². The molecule has 0 N–H and O–H groups in total. The van der Waals surface area contributed by atoms with E-state index in [2.05, 4.69) is 24.3 Å². The molecule has 2 aromatic rings. The van der Waals surface area contributed by atoms with Crippen molar-refractivity contribution in [3.63, 3.8) is 0 Å². The zero-order valence-electron chi connectivity index (χ0n) is 17.0. The van der Waals surface area contributed by atoms with Crippen molar-refractivity contribution in [2.45, 2.75) is 25.7 Å². The number of carbonyl (C=O) groups excluding carboxylic acids is 1. The molecule has 29 heavy (non-hydrogen) atoms. The Hall–Kier alpha value is -2.18. The van der Waals surface area contributed by atoms with Crippen LogP contribution in [0.3, 0.4) is 0 Å². The van der Waals surface area contributed by atoms with Crippen molar-refractivity contribution >= 4 is 15.9 Å². The lowest BCUT2D eigenvalue weighted by Gasteiger charge is -2.33. The van der Waals surface area contributed by atoms with Crippen molar-refractivity contribution < 1.29 is 13.2 Å². The van der Waals surface area contributed by atoms with Crippen molar-refractivity contribution in [2.24, 2.45) is 5.92 Å². The predicted molar refractivity (Wildman–Crippen MR) is 116 cm³/mol. The van der Waals surface area contributed by atoms with E-state index in [9.17, 15) is 13.2 Å². The molecule has 5 nitrogen and oxygen atoms in total. The fraction of sp³-hybridized carbons (Fsp3) is 0.435. The molecule has 0 radical (unpaired) electrons. The number of sulfonamides is 1. The minimum atomic E-state index is -3.43. The summed E-state index contributed by atoms with van der Waals surface area (Å²) in [4.78, 5) is 14.6. The molecule has 0 aliphatic carbocycles. The molecular weight excluding hydrogens is 384 g/mol. The molecule has 1 fully saturated rings. The van der Waals surface area contributed by atoms with E-state index in [1.54, 1.807) is 0 Å². The van der Waals surface area contributed by atoms with Gasteiger partial charge in [0.15, 0.2) is 0 Å². The summed E-state index contributed by atoms with van der Waals surface area (Å²) in [7, 11) is -3.43. The number of likely N-dealkylation sites (tertiary alicyclic amines) is 1. The molecule has 3 rings (SSSR count). The molecule has 1 heterocycles. The Balaban J connectivity index is 1.51. The first-order chi connectivity index (χ1) is 13.9. The zero-order chi connectivity index (χ0) is 20.7. The first-order valence-corrected chi connectivity index (χ1v) is 12.1. The lowest BCUT2D eigenvalue weighted by atomic mass is 9.90. The highest BCUT2D eigenvalue weighted by atomic mass is 32.2. The molecule has 0 unspecified atom stereocenters. The maximum Gasteiger partial charge on any atom is 0.237 e. The Morgan fingerprint density at radius 3 is 2.07 bits per heavy atom. The second kappa shape index (κ2) is 10.0. The van der Waals surface area contributed by atoms with E-state index in [1.807, 2.05) is 41.3 Å². The second-order valence-corrected chi connectivity index (χ2v) is 9.83. The van der Waals surface area contributed by atoms with Gasteiger partial charge in [-0.25, -0.2) is 8.42 Å². The van der Waals surface area contributed by atoms with Gasteiger partial charge in [0.2, 0.25) is 15.9 Å². The second-order valence-electron chi connectivity index (χ2n) is 7.85. The first-order valence-electron chi connectivity index (χ1n) is 10.2. The SMILES string of the molecule is CS(=O)(=O)N(CCc1ccccc1)CC(=O)N1CCC(Cc2ccccc2)CC1. The van der Waals surface area contributed by atoms with Crippen molar-refractivity contribution in [2.75, 3.05) is 32.4 Å². The number of amides is 1. The van der Waals surface area contributed by atoms with Crippen LogP contribution in [0.25, 0.3) is 0 Å². The Kier molecular flexibility index (Phi) is 7.45. The van der Waals surface area contributed by atoms with Gasteiger partial charge in [0.25, 0.3) is 0 Å². The van der Waals surface area contributed by atoms with Crippen molar-refractivity contribution in [3.8, 4) is 0 Å². The van der Waals surface area contributed by atoms with Crippen LogP contribution in [0.5, 0.6) is 0 Å². The normalized spacial score (nSPS) is 15.6. The molecule has 6 heteroatoms. The molecule has 2 aromatic carbocycles. The van der Waals surface area contributed by atoms with Crippen LogP contribution < -0.4 is 0 Å². The number of carbonyl (C=O) groups is 1. The fourth-order valence-corrected chi connectivity index (χ4v) is 4.61. The lowest BCUT2D eigenvalue weighted by Crippen LogP contribution is -2.46. The highest BCUT2D eigenvalue weighted by Gasteiger charge is 2.27. The maximum absolute atomic E-state index is 12.8. The number of piperidine rings is 1. The van der Waals surface area contributed by atoms with Gasteiger partial charge in [0, 0.05) is 19.6 Å². The molecular formula is C23H30N2O3S. The molecule has 0 atom stereocenters. The smallest absolute Gasteiger partial charge is 0.237 e. The summed E-state index contributed by atoms with van der Waals surface area (Å²) < 4.78 is 25.7. The molecule has 1 aliphatic rings. The molecule has 1 amide bonds. The topological polar surface area (TPSA) is 57.7 Å². The molecule has 0 aromatic heterocycles. The van der Waals surface area contributed by atoms with Crippen LogP contribution in [-0.4, -0.2) is 56.0 Å². The predicted octanol–water partition coefficient (Wildman–Crippen LogP) is 2.97. The first kappa shape index (κ1) is 21.5. The molecule has 1 saturated heterocycles. The zero-order valence-corrected chi connectivity index (χ0v) is 17.9. The van der Waals surface area contributed by atoms with Crippen molar-refractivity contribution in [1.29, 1.82) is 0 Å². The van der Waals surface area contributed by atoms with Crippen LogP contribution in [0.1, 0.15) is 24.0 Å². The maximum atomic E-state index is 12.8. The van der Waals surface area contributed by atoms with Crippen LogP contribution in [-0.2, 0) is 27.7 Å². The van der Waals surface area contributed by atoms with Gasteiger partial charge in [-0.2, -0.15) is 4.31 Å². The van der Waals surface area contributed by atoms with Crippen LogP contribution in [0.4, 0.5) is 0 Å². The van der Waals surface area contributed by atoms with Gasteiger partial charge in [-0.15, -0.1) is 0 Å². The summed E-state index contributed by atoms with van der Waals surface area (Å²) in [6.45, 7) is 1.65. The third-order valence-corrected chi connectivity index (χ3v) is 6.86. The Morgan fingerprint density at radius 1 is 0.966 bits per heavy atom. The Labute approximate surface area is 174 Å². The third kappa shape index (κ3) is 6.68. The fourth-order valence-electron chi connectivity index (χ4n) is 3.85. The summed E-state index contributed by atoms with van der Waals surface area (Å²) in [5.41, 5.74) is 2.40. The summed E-state index contributed by atoms with van der Waals surface area (Å²) >= 11 is 0. The van der Waals surface area contributed by atoms with Gasteiger partial charge in [0.1, 0.15) is 0 Å². The van der Waals surface area contributed by atoms with Crippen LogP contribution in [0, 0.1) is 5.92 Å². The lowest BCUT2D eigenvalue weighted by molar-refractivity contribution is -0.132. The number of rotatable bonds is 8.